The van der Waals surface area contributed by atoms with E-state index < -0.39 is 29.2 Å². The summed E-state index contributed by atoms with van der Waals surface area (Å²) >= 11 is 0. The van der Waals surface area contributed by atoms with Gasteiger partial charge in [-0.1, -0.05) is 0 Å². The summed E-state index contributed by atoms with van der Waals surface area (Å²) < 4.78 is 26.7. The topological polar surface area (TPSA) is 63.3 Å². The quantitative estimate of drug-likeness (QED) is 0.792. The van der Waals surface area contributed by atoms with Crippen molar-refractivity contribution >= 4 is 5.97 Å². The summed E-state index contributed by atoms with van der Waals surface area (Å²) in [4.78, 5) is 10.6. The molecule has 82 valence electrons. The van der Waals surface area contributed by atoms with E-state index in [0.717, 1.165) is 6.07 Å². The number of carboxylic acid groups (broad SMARTS) is 1. The molecule has 0 unspecified atom stereocenters. The van der Waals surface area contributed by atoms with Gasteiger partial charge in [0, 0.05) is 6.04 Å². The minimum atomic E-state index is -1.62. The molecule has 0 aliphatic carbocycles. The Morgan fingerprint density at radius 3 is 2.47 bits per heavy atom. The fourth-order valence-corrected chi connectivity index (χ4v) is 1.41. The Labute approximate surface area is 85.5 Å². The monoisotopic (exact) mass is 215 g/mol. The van der Waals surface area contributed by atoms with Crippen molar-refractivity contribution in [3.05, 3.63) is 34.4 Å². The van der Waals surface area contributed by atoms with Crippen LogP contribution in [0, 0.1) is 18.6 Å². The molecule has 0 amide bonds. The number of hydrogen-bond acceptors (Lipinski definition) is 2. The van der Waals surface area contributed by atoms with E-state index >= 15 is 0 Å². The SMILES string of the molecule is Cc1c([C@H](C)N)cc(F)c(C(=O)O)c1F. The minimum absolute atomic E-state index is 0.0730. The van der Waals surface area contributed by atoms with Crippen LogP contribution in [-0.2, 0) is 0 Å². The fraction of sp³-hybridized carbons (Fsp3) is 0.300. The Balaban J connectivity index is 3.51. The van der Waals surface area contributed by atoms with Gasteiger partial charge in [0.15, 0.2) is 0 Å². The maximum atomic E-state index is 13.5. The maximum absolute atomic E-state index is 13.5. The molecule has 0 heterocycles. The number of halogens is 2. The normalized spacial score (nSPS) is 12.6. The Kier molecular flexibility index (Phi) is 3.04. The van der Waals surface area contributed by atoms with Gasteiger partial charge in [0.05, 0.1) is 0 Å². The molecule has 3 N–H and O–H groups in total. The van der Waals surface area contributed by atoms with Crippen molar-refractivity contribution in [1.29, 1.82) is 0 Å². The number of rotatable bonds is 2. The minimum Gasteiger partial charge on any atom is -0.477 e. The van der Waals surface area contributed by atoms with Crippen LogP contribution in [0.15, 0.2) is 6.07 Å². The number of carbonyl (C=O) groups is 1. The summed E-state index contributed by atoms with van der Waals surface area (Å²) in [7, 11) is 0. The van der Waals surface area contributed by atoms with Crippen molar-refractivity contribution in [3.63, 3.8) is 0 Å². The summed E-state index contributed by atoms with van der Waals surface area (Å²) in [5, 5.41) is 8.59. The summed E-state index contributed by atoms with van der Waals surface area (Å²) in [5.74, 6) is -3.78. The molecule has 0 saturated carbocycles. The number of hydrogen-bond donors (Lipinski definition) is 2. The van der Waals surface area contributed by atoms with Gasteiger partial charge in [-0.15, -0.1) is 0 Å². The van der Waals surface area contributed by atoms with E-state index in [2.05, 4.69) is 0 Å². The van der Waals surface area contributed by atoms with Gasteiger partial charge in [-0.3, -0.25) is 0 Å². The van der Waals surface area contributed by atoms with Gasteiger partial charge < -0.3 is 10.8 Å². The highest BCUT2D eigenvalue weighted by Gasteiger charge is 2.22. The van der Waals surface area contributed by atoms with Crippen LogP contribution in [0.4, 0.5) is 8.78 Å². The smallest absolute Gasteiger partial charge is 0.341 e. The van der Waals surface area contributed by atoms with E-state index in [1.807, 2.05) is 0 Å². The lowest BCUT2D eigenvalue weighted by atomic mass is 9.99. The molecule has 0 aliphatic heterocycles. The van der Waals surface area contributed by atoms with Crippen LogP contribution in [0.5, 0.6) is 0 Å². The molecule has 1 aromatic carbocycles. The summed E-state index contributed by atoms with van der Waals surface area (Å²) in [6.07, 6.45) is 0. The van der Waals surface area contributed by atoms with E-state index in [9.17, 15) is 13.6 Å². The Morgan fingerprint density at radius 2 is 2.07 bits per heavy atom. The molecule has 0 spiro atoms. The third-order valence-corrected chi connectivity index (χ3v) is 2.21. The second-order valence-electron chi connectivity index (χ2n) is 3.36. The zero-order valence-corrected chi connectivity index (χ0v) is 8.34. The highest BCUT2D eigenvalue weighted by atomic mass is 19.1. The maximum Gasteiger partial charge on any atom is 0.341 e. The van der Waals surface area contributed by atoms with Crippen LogP contribution in [0.1, 0.15) is 34.5 Å². The molecule has 1 atom stereocenters. The number of aromatic carboxylic acids is 1. The van der Waals surface area contributed by atoms with Crippen LogP contribution in [0.25, 0.3) is 0 Å². The van der Waals surface area contributed by atoms with Gasteiger partial charge in [-0.25, -0.2) is 13.6 Å². The van der Waals surface area contributed by atoms with E-state index in [1.54, 1.807) is 6.92 Å². The van der Waals surface area contributed by atoms with Crippen molar-refractivity contribution in [2.75, 3.05) is 0 Å². The average molecular weight is 215 g/mol. The molecule has 3 nitrogen and oxygen atoms in total. The lowest BCUT2D eigenvalue weighted by Gasteiger charge is -2.12. The van der Waals surface area contributed by atoms with E-state index in [1.165, 1.54) is 6.92 Å². The van der Waals surface area contributed by atoms with Crippen LogP contribution < -0.4 is 5.73 Å². The molecule has 5 heteroatoms. The van der Waals surface area contributed by atoms with Crippen molar-refractivity contribution in [2.45, 2.75) is 19.9 Å². The number of nitrogens with two attached hydrogens (primary N) is 1. The first kappa shape index (κ1) is 11.6. The van der Waals surface area contributed by atoms with Crippen LogP contribution >= 0.6 is 0 Å². The summed E-state index contributed by atoms with van der Waals surface area (Å²) in [6.45, 7) is 2.95. The number of benzene rings is 1. The first-order chi connectivity index (χ1) is 6.86. The first-order valence-corrected chi connectivity index (χ1v) is 4.33. The molecule has 0 saturated heterocycles. The molecule has 0 fully saturated rings. The predicted octanol–water partition coefficient (Wildman–Crippen LogP) is 1.99. The van der Waals surface area contributed by atoms with Crippen LogP contribution in [0.3, 0.4) is 0 Å². The van der Waals surface area contributed by atoms with E-state index in [-0.39, 0.29) is 11.1 Å². The van der Waals surface area contributed by atoms with E-state index in [4.69, 9.17) is 10.8 Å². The third-order valence-electron chi connectivity index (χ3n) is 2.21. The zero-order valence-electron chi connectivity index (χ0n) is 8.34. The van der Waals surface area contributed by atoms with Crippen LogP contribution in [-0.4, -0.2) is 11.1 Å². The van der Waals surface area contributed by atoms with Gasteiger partial charge in [-0.05, 0) is 31.0 Å². The molecule has 0 aliphatic rings. The Bertz CT molecular complexity index is 416. The van der Waals surface area contributed by atoms with Gasteiger partial charge in [0.1, 0.15) is 17.2 Å². The standard InChI is InChI=1S/C10H11F2NO2/c1-4-6(5(2)13)3-7(11)8(9(4)12)10(14)15/h3,5H,13H2,1-2H3,(H,14,15)/t5-/m0/s1. The molecular weight excluding hydrogens is 204 g/mol. The third kappa shape index (κ3) is 1.97. The van der Waals surface area contributed by atoms with Gasteiger partial charge >= 0.3 is 5.97 Å². The Hall–Kier alpha value is -1.49. The molecule has 1 aromatic rings. The highest BCUT2D eigenvalue weighted by Crippen LogP contribution is 2.24. The summed E-state index contributed by atoms with van der Waals surface area (Å²) in [5.41, 5.74) is 4.91. The largest absolute Gasteiger partial charge is 0.477 e. The average Bonchev–Trinajstić information content (AvgIpc) is 2.10. The molecule has 0 radical (unpaired) electrons. The predicted molar refractivity (Wildman–Crippen MR) is 50.7 cm³/mol. The van der Waals surface area contributed by atoms with Gasteiger partial charge in [0.2, 0.25) is 0 Å². The highest BCUT2D eigenvalue weighted by molar-refractivity contribution is 5.88. The van der Waals surface area contributed by atoms with Crippen molar-refractivity contribution in [3.8, 4) is 0 Å². The second-order valence-corrected chi connectivity index (χ2v) is 3.36. The lowest BCUT2D eigenvalue weighted by Crippen LogP contribution is -2.13. The molecule has 0 bridgehead atoms. The molecular formula is C10H11F2NO2. The van der Waals surface area contributed by atoms with E-state index in [0.29, 0.717) is 0 Å². The molecule has 15 heavy (non-hydrogen) atoms. The van der Waals surface area contributed by atoms with Crippen LogP contribution in [0.2, 0.25) is 0 Å². The summed E-state index contributed by atoms with van der Waals surface area (Å²) in [6, 6.07) is 0.420. The van der Waals surface area contributed by atoms with Gasteiger partial charge in [-0.2, -0.15) is 0 Å². The Morgan fingerprint density at radius 1 is 1.53 bits per heavy atom. The second kappa shape index (κ2) is 3.94. The lowest BCUT2D eigenvalue weighted by molar-refractivity contribution is 0.0686. The fourth-order valence-electron chi connectivity index (χ4n) is 1.41. The molecule has 0 aromatic heterocycles. The van der Waals surface area contributed by atoms with Gasteiger partial charge in [0.25, 0.3) is 0 Å². The molecule has 1 rings (SSSR count). The van der Waals surface area contributed by atoms with Crippen molar-refractivity contribution < 1.29 is 18.7 Å². The number of carboxylic acids is 1. The van der Waals surface area contributed by atoms with Crippen molar-refractivity contribution in [2.24, 2.45) is 5.73 Å². The first-order valence-electron chi connectivity index (χ1n) is 4.33. The zero-order chi connectivity index (χ0) is 11.7. The van der Waals surface area contributed by atoms with Crippen molar-refractivity contribution in [1.82, 2.24) is 0 Å².